The van der Waals surface area contributed by atoms with E-state index in [1.54, 1.807) is 4.90 Å². The van der Waals surface area contributed by atoms with Crippen LogP contribution >= 0.6 is 0 Å². The Bertz CT molecular complexity index is 616. The highest BCUT2D eigenvalue weighted by molar-refractivity contribution is 6.06. The molecule has 29 heavy (non-hydrogen) atoms. The van der Waals surface area contributed by atoms with Crippen LogP contribution in [0.4, 0.5) is 0 Å². The molecule has 2 N–H and O–H groups in total. The molecule has 0 spiro atoms. The van der Waals surface area contributed by atoms with Crippen molar-refractivity contribution in [3.8, 4) is 0 Å². The second-order valence-electron chi connectivity index (χ2n) is 10.0. The van der Waals surface area contributed by atoms with E-state index in [2.05, 4.69) is 23.7 Å². The molecule has 6 nitrogen and oxygen atoms in total. The van der Waals surface area contributed by atoms with Gasteiger partial charge in [-0.15, -0.1) is 0 Å². The topological polar surface area (TPSA) is 79.0 Å². The van der Waals surface area contributed by atoms with E-state index in [-0.39, 0.29) is 11.8 Å². The molecule has 1 atom stereocenters. The summed E-state index contributed by atoms with van der Waals surface area (Å²) in [5.74, 6) is 2.01. The van der Waals surface area contributed by atoms with E-state index in [0.29, 0.717) is 30.2 Å². The van der Waals surface area contributed by atoms with Gasteiger partial charge in [0.2, 0.25) is 5.91 Å². The standard InChI is InChI=1S/C23H40N4O2/c1-17(2)16-23(3)21(29)27(22(24)25-23)15-12-18-10-13-26(14-11-18)20(28)19-8-6-4-5-7-9-19/h17-19H,4-16H2,1-3H3,(H2,24,25). The minimum Gasteiger partial charge on any atom is -0.369 e. The molecule has 0 radical (unpaired) electrons. The van der Waals surface area contributed by atoms with Crippen LogP contribution < -0.4 is 5.73 Å². The van der Waals surface area contributed by atoms with Crippen molar-refractivity contribution in [1.29, 1.82) is 0 Å². The molecule has 0 aromatic carbocycles. The molecule has 2 fully saturated rings. The maximum absolute atomic E-state index is 12.9. The van der Waals surface area contributed by atoms with E-state index >= 15 is 0 Å². The van der Waals surface area contributed by atoms with Crippen LogP contribution in [0.15, 0.2) is 4.99 Å². The molecular formula is C23H40N4O2. The van der Waals surface area contributed by atoms with Crippen molar-refractivity contribution in [3.05, 3.63) is 0 Å². The first-order valence-electron chi connectivity index (χ1n) is 11.8. The van der Waals surface area contributed by atoms with Gasteiger partial charge in [0, 0.05) is 25.6 Å². The van der Waals surface area contributed by atoms with E-state index in [9.17, 15) is 9.59 Å². The highest BCUT2D eigenvalue weighted by Crippen LogP contribution is 2.31. The molecule has 3 aliphatic rings. The molecule has 1 saturated heterocycles. The van der Waals surface area contributed by atoms with Crippen LogP contribution in [0.3, 0.4) is 0 Å². The number of amides is 2. The number of nitrogens with zero attached hydrogens (tertiary/aromatic N) is 3. The summed E-state index contributed by atoms with van der Waals surface area (Å²) in [6.45, 7) is 8.49. The number of rotatable bonds is 6. The lowest BCUT2D eigenvalue weighted by Gasteiger charge is -2.35. The fourth-order valence-electron chi connectivity index (χ4n) is 5.44. The van der Waals surface area contributed by atoms with Gasteiger partial charge in [0.25, 0.3) is 5.91 Å². The Morgan fingerprint density at radius 3 is 2.34 bits per heavy atom. The highest BCUT2D eigenvalue weighted by Gasteiger charge is 2.44. The first-order chi connectivity index (χ1) is 13.8. The lowest BCUT2D eigenvalue weighted by atomic mass is 9.90. The number of hydrogen-bond acceptors (Lipinski definition) is 4. The third-order valence-corrected chi connectivity index (χ3v) is 7.04. The van der Waals surface area contributed by atoms with Gasteiger partial charge >= 0.3 is 0 Å². The molecule has 0 aromatic heterocycles. The van der Waals surface area contributed by atoms with Gasteiger partial charge in [0.15, 0.2) is 5.96 Å². The van der Waals surface area contributed by atoms with Gasteiger partial charge in [-0.1, -0.05) is 39.5 Å². The minimum atomic E-state index is -0.702. The van der Waals surface area contributed by atoms with Crippen molar-refractivity contribution < 1.29 is 9.59 Å². The third kappa shape index (κ3) is 5.32. The average molecular weight is 405 g/mol. The van der Waals surface area contributed by atoms with Gasteiger partial charge in [0.05, 0.1) is 0 Å². The molecule has 0 aromatic rings. The van der Waals surface area contributed by atoms with Gasteiger partial charge in [-0.05, 0) is 57.3 Å². The predicted octanol–water partition coefficient (Wildman–Crippen LogP) is 3.55. The molecule has 1 saturated carbocycles. The second-order valence-corrected chi connectivity index (χ2v) is 10.0. The molecule has 1 aliphatic carbocycles. The number of aliphatic imine (C=N–C) groups is 1. The first-order valence-corrected chi connectivity index (χ1v) is 11.8. The number of likely N-dealkylation sites (tertiary alicyclic amines) is 1. The van der Waals surface area contributed by atoms with Crippen molar-refractivity contribution in [2.45, 2.75) is 90.5 Å². The molecule has 1 unspecified atom stereocenters. The molecule has 3 rings (SSSR count). The fraction of sp³-hybridized carbons (Fsp3) is 0.870. The minimum absolute atomic E-state index is 0.0460. The Morgan fingerprint density at radius 1 is 1.14 bits per heavy atom. The summed E-state index contributed by atoms with van der Waals surface area (Å²) in [5.41, 5.74) is 5.39. The van der Waals surface area contributed by atoms with Crippen LogP contribution in [0, 0.1) is 17.8 Å². The lowest BCUT2D eigenvalue weighted by Crippen LogP contribution is -2.45. The van der Waals surface area contributed by atoms with Gasteiger partial charge in [-0.2, -0.15) is 0 Å². The number of carbonyl (C=O) groups excluding carboxylic acids is 2. The molecule has 2 aliphatic heterocycles. The fourth-order valence-corrected chi connectivity index (χ4v) is 5.44. The summed E-state index contributed by atoms with van der Waals surface area (Å²) < 4.78 is 0. The molecule has 0 bridgehead atoms. The van der Waals surface area contributed by atoms with Crippen LogP contribution in [0.5, 0.6) is 0 Å². The Kier molecular flexibility index (Phi) is 7.23. The molecular weight excluding hydrogens is 364 g/mol. The first kappa shape index (κ1) is 22.1. The quantitative estimate of drug-likeness (QED) is 0.688. The van der Waals surface area contributed by atoms with Crippen molar-refractivity contribution >= 4 is 17.8 Å². The smallest absolute Gasteiger partial charge is 0.257 e. The zero-order valence-electron chi connectivity index (χ0n) is 18.7. The van der Waals surface area contributed by atoms with E-state index in [1.807, 2.05) is 6.92 Å². The third-order valence-electron chi connectivity index (χ3n) is 7.04. The van der Waals surface area contributed by atoms with Crippen molar-refractivity contribution in [1.82, 2.24) is 9.80 Å². The number of carbonyl (C=O) groups is 2. The normalized spacial score (nSPS) is 27.4. The number of hydrogen-bond donors (Lipinski definition) is 1. The second kappa shape index (κ2) is 9.48. The molecule has 164 valence electrons. The van der Waals surface area contributed by atoms with Crippen LogP contribution in [0.25, 0.3) is 0 Å². The summed E-state index contributed by atoms with van der Waals surface area (Å²) in [6.07, 6.45) is 10.8. The van der Waals surface area contributed by atoms with E-state index in [4.69, 9.17) is 5.73 Å². The highest BCUT2D eigenvalue weighted by atomic mass is 16.2. The van der Waals surface area contributed by atoms with E-state index in [1.165, 1.54) is 25.7 Å². The molecule has 2 amide bonds. The summed E-state index contributed by atoms with van der Waals surface area (Å²) >= 11 is 0. The Balaban J connectivity index is 1.45. The van der Waals surface area contributed by atoms with Crippen molar-refractivity contribution in [3.63, 3.8) is 0 Å². The Morgan fingerprint density at radius 2 is 1.76 bits per heavy atom. The molecule has 6 heteroatoms. The van der Waals surface area contributed by atoms with E-state index in [0.717, 1.165) is 51.6 Å². The lowest BCUT2D eigenvalue weighted by molar-refractivity contribution is -0.137. The van der Waals surface area contributed by atoms with Gasteiger partial charge in [0.1, 0.15) is 5.54 Å². The molecule has 2 heterocycles. The summed E-state index contributed by atoms with van der Waals surface area (Å²) in [7, 11) is 0. The summed E-state index contributed by atoms with van der Waals surface area (Å²) in [6, 6.07) is 0. The zero-order chi connectivity index (χ0) is 21.0. The Labute approximate surface area is 176 Å². The number of nitrogens with two attached hydrogens (primary N) is 1. The predicted molar refractivity (Wildman–Crippen MR) is 116 cm³/mol. The van der Waals surface area contributed by atoms with Crippen LogP contribution in [-0.4, -0.2) is 52.7 Å². The monoisotopic (exact) mass is 404 g/mol. The average Bonchev–Trinajstić information content (AvgIpc) is 2.88. The van der Waals surface area contributed by atoms with Gasteiger partial charge in [-0.25, -0.2) is 4.99 Å². The maximum Gasteiger partial charge on any atom is 0.257 e. The SMILES string of the molecule is CC(C)CC1(C)N=C(N)N(CCC2CCN(C(=O)C3CCCCCC3)CC2)C1=O. The Hall–Kier alpha value is -1.59. The largest absolute Gasteiger partial charge is 0.369 e. The van der Waals surface area contributed by atoms with Crippen molar-refractivity contribution in [2.24, 2.45) is 28.5 Å². The van der Waals surface area contributed by atoms with Crippen molar-refractivity contribution in [2.75, 3.05) is 19.6 Å². The number of guanidine groups is 1. The van der Waals surface area contributed by atoms with Gasteiger partial charge in [-0.3, -0.25) is 14.5 Å². The summed E-state index contributed by atoms with van der Waals surface area (Å²) in [5, 5.41) is 0. The van der Waals surface area contributed by atoms with Crippen LogP contribution in [-0.2, 0) is 9.59 Å². The van der Waals surface area contributed by atoms with Crippen LogP contribution in [0.1, 0.15) is 85.0 Å². The van der Waals surface area contributed by atoms with Gasteiger partial charge < -0.3 is 10.6 Å². The van der Waals surface area contributed by atoms with E-state index < -0.39 is 5.54 Å². The maximum atomic E-state index is 12.9. The zero-order valence-corrected chi connectivity index (χ0v) is 18.7. The summed E-state index contributed by atoms with van der Waals surface area (Å²) in [4.78, 5) is 34.0. The number of piperidine rings is 1. The van der Waals surface area contributed by atoms with Crippen LogP contribution in [0.2, 0.25) is 0 Å².